The van der Waals surface area contributed by atoms with E-state index in [0.29, 0.717) is 15.9 Å². The van der Waals surface area contributed by atoms with E-state index in [0.717, 1.165) is 0 Å². The molecule has 0 atom stereocenters. The van der Waals surface area contributed by atoms with Crippen molar-refractivity contribution in [3.63, 3.8) is 0 Å². The fourth-order valence-electron chi connectivity index (χ4n) is 1.66. The second kappa shape index (κ2) is 3.39. The van der Waals surface area contributed by atoms with Gasteiger partial charge in [-0.1, -0.05) is 0 Å². The van der Waals surface area contributed by atoms with Gasteiger partial charge in [0.15, 0.2) is 0 Å². The van der Waals surface area contributed by atoms with Crippen molar-refractivity contribution in [3.05, 3.63) is 45.7 Å². The summed E-state index contributed by atoms with van der Waals surface area (Å²) in [6, 6.07) is 4.73. The van der Waals surface area contributed by atoms with Gasteiger partial charge in [-0.25, -0.2) is 9.78 Å². The summed E-state index contributed by atoms with van der Waals surface area (Å²) >= 11 is 1.30. The number of rotatable bonds is 1. The summed E-state index contributed by atoms with van der Waals surface area (Å²) in [6.07, 6.45) is 1.30. The van der Waals surface area contributed by atoms with Crippen LogP contribution in [-0.4, -0.2) is 20.5 Å². The quantitative estimate of drug-likeness (QED) is 0.708. The number of carboxylic acid groups (broad SMARTS) is 1. The van der Waals surface area contributed by atoms with Crippen LogP contribution in [0.1, 0.15) is 10.4 Å². The zero-order valence-corrected chi connectivity index (χ0v) is 9.27. The first-order valence-electron chi connectivity index (χ1n) is 4.80. The number of carboxylic acids is 1. The Balaban J connectivity index is 2.50. The van der Waals surface area contributed by atoms with Gasteiger partial charge in [0.05, 0.1) is 11.1 Å². The molecule has 0 spiro atoms. The van der Waals surface area contributed by atoms with Crippen LogP contribution in [0, 0.1) is 0 Å². The monoisotopic (exact) mass is 246 g/mol. The SMILES string of the molecule is O=C(O)c1ccc2nc3ccsc3c(=O)n2c1. The van der Waals surface area contributed by atoms with E-state index in [1.165, 1.54) is 34.1 Å². The van der Waals surface area contributed by atoms with Gasteiger partial charge in [-0.2, -0.15) is 0 Å². The van der Waals surface area contributed by atoms with E-state index < -0.39 is 5.97 Å². The summed E-state index contributed by atoms with van der Waals surface area (Å²) in [4.78, 5) is 27.2. The molecule has 0 unspecified atom stereocenters. The van der Waals surface area contributed by atoms with Crippen LogP contribution in [0.25, 0.3) is 15.9 Å². The van der Waals surface area contributed by atoms with E-state index in [1.54, 1.807) is 11.4 Å². The molecule has 0 aliphatic heterocycles. The fraction of sp³-hybridized carbons (Fsp3) is 0. The molecule has 84 valence electrons. The molecule has 0 saturated heterocycles. The molecule has 0 saturated carbocycles. The summed E-state index contributed by atoms with van der Waals surface area (Å²) in [6.45, 7) is 0. The molecule has 6 heteroatoms. The van der Waals surface area contributed by atoms with Crippen molar-refractivity contribution >= 4 is 33.2 Å². The minimum atomic E-state index is -1.06. The predicted octanol–water partition coefficient (Wildman–Crippen LogP) is 1.61. The second-order valence-corrected chi connectivity index (χ2v) is 4.42. The average Bonchev–Trinajstić information content (AvgIpc) is 2.77. The highest BCUT2D eigenvalue weighted by atomic mass is 32.1. The van der Waals surface area contributed by atoms with Gasteiger partial charge in [0.2, 0.25) is 0 Å². The Hall–Kier alpha value is -2.21. The van der Waals surface area contributed by atoms with Crippen LogP contribution in [0.5, 0.6) is 0 Å². The lowest BCUT2D eigenvalue weighted by atomic mass is 10.3. The van der Waals surface area contributed by atoms with Crippen LogP contribution in [0.2, 0.25) is 0 Å². The van der Waals surface area contributed by atoms with Crippen LogP contribution < -0.4 is 5.56 Å². The molecule has 17 heavy (non-hydrogen) atoms. The third-order valence-corrected chi connectivity index (χ3v) is 3.36. The molecule has 1 N–H and O–H groups in total. The van der Waals surface area contributed by atoms with Crippen molar-refractivity contribution in [2.24, 2.45) is 0 Å². The Labute approximate surface area is 98.6 Å². The van der Waals surface area contributed by atoms with Gasteiger partial charge in [0, 0.05) is 6.20 Å². The van der Waals surface area contributed by atoms with E-state index in [2.05, 4.69) is 4.98 Å². The number of fused-ring (bicyclic) bond motifs is 2. The first-order valence-corrected chi connectivity index (χ1v) is 5.68. The maximum absolute atomic E-state index is 12.1. The number of hydrogen-bond donors (Lipinski definition) is 1. The predicted molar refractivity (Wildman–Crippen MR) is 63.8 cm³/mol. The van der Waals surface area contributed by atoms with Gasteiger partial charge >= 0.3 is 5.97 Å². The van der Waals surface area contributed by atoms with E-state index in [1.807, 2.05) is 0 Å². The molecule has 3 heterocycles. The molecule has 3 aromatic rings. The third kappa shape index (κ3) is 1.42. The number of nitrogens with zero attached hydrogens (tertiary/aromatic N) is 2. The standard InChI is InChI=1S/C11H6N2O3S/c14-10-9-7(3-4-17-9)12-8-2-1-6(11(15)16)5-13(8)10/h1-5H,(H,15,16). The Bertz CT molecular complexity index is 803. The molecule has 0 bridgehead atoms. The molecule has 3 rings (SSSR count). The summed E-state index contributed by atoms with van der Waals surface area (Å²) in [5.41, 5.74) is 0.925. The van der Waals surface area contributed by atoms with Crippen molar-refractivity contribution in [3.8, 4) is 0 Å². The van der Waals surface area contributed by atoms with Gasteiger partial charge in [-0.3, -0.25) is 9.20 Å². The summed E-state index contributed by atoms with van der Waals surface area (Å²) < 4.78 is 1.80. The van der Waals surface area contributed by atoms with E-state index in [9.17, 15) is 9.59 Å². The Morgan fingerprint density at radius 3 is 2.94 bits per heavy atom. The molecular formula is C11H6N2O3S. The van der Waals surface area contributed by atoms with Crippen LogP contribution >= 0.6 is 11.3 Å². The molecule has 0 aliphatic carbocycles. The minimum Gasteiger partial charge on any atom is -0.478 e. The summed E-state index contributed by atoms with van der Waals surface area (Å²) in [5.74, 6) is -1.06. The molecule has 5 nitrogen and oxygen atoms in total. The van der Waals surface area contributed by atoms with E-state index >= 15 is 0 Å². The van der Waals surface area contributed by atoms with Crippen molar-refractivity contribution in [1.29, 1.82) is 0 Å². The van der Waals surface area contributed by atoms with Crippen LogP contribution in [0.15, 0.2) is 34.6 Å². The van der Waals surface area contributed by atoms with Crippen molar-refractivity contribution < 1.29 is 9.90 Å². The number of pyridine rings is 1. The van der Waals surface area contributed by atoms with E-state index in [-0.39, 0.29) is 11.1 Å². The van der Waals surface area contributed by atoms with Crippen LogP contribution in [-0.2, 0) is 0 Å². The maximum atomic E-state index is 12.1. The largest absolute Gasteiger partial charge is 0.478 e. The zero-order valence-electron chi connectivity index (χ0n) is 8.45. The van der Waals surface area contributed by atoms with Crippen LogP contribution in [0.4, 0.5) is 0 Å². The number of aromatic nitrogens is 2. The smallest absolute Gasteiger partial charge is 0.337 e. The first kappa shape index (κ1) is 9.98. The van der Waals surface area contributed by atoms with Crippen molar-refractivity contribution in [2.45, 2.75) is 0 Å². The molecule has 3 aromatic heterocycles. The third-order valence-electron chi connectivity index (χ3n) is 2.47. The lowest BCUT2D eigenvalue weighted by Crippen LogP contribution is -2.15. The Kier molecular flexibility index (Phi) is 1.99. The van der Waals surface area contributed by atoms with Gasteiger partial charge in [0.25, 0.3) is 5.56 Å². The topological polar surface area (TPSA) is 71.7 Å². The summed E-state index contributed by atoms with van der Waals surface area (Å²) in [5, 5.41) is 10.7. The van der Waals surface area contributed by atoms with Gasteiger partial charge in [0.1, 0.15) is 10.3 Å². The highest BCUT2D eigenvalue weighted by Crippen LogP contribution is 2.15. The van der Waals surface area contributed by atoms with Gasteiger partial charge in [-0.15, -0.1) is 11.3 Å². The van der Waals surface area contributed by atoms with Gasteiger partial charge in [-0.05, 0) is 23.6 Å². The molecule has 0 amide bonds. The Morgan fingerprint density at radius 2 is 2.18 bits per heavy atom. The highest BCUT2D eigenvalue weighted by molar-refractivity contribution is 7.17. The second-order valence-electron chi connectivity index (χ2n) is 3.50. The number of carbonyl (C=O) groups is 1. The van der Waals surface area contributed by atoms with Crippen LogP contribution in [0.3, 0.4) is 0 Å². The molecule has 0 aliphatic rings. The highest BCUT2D eigenvalue weighted by Gasteiger charge is 2.09. The molecule has 0 radical (unpaired) electrons. The molecule has 0 fully saturated rings. The van der Waals surface area contributed by atoms with Crippen molar-refractivity contribution in [1.82, 2.24) is 9.38 Å². The summed E-state index contributed by atoms with van der Waals surface area (Å²) in [7, 11) is 0. The van der Waals surface area contributed by atoms with Crippen molar-refractivity contribution in [2.75, 3.05) is 0 Å². The average molecular weight is 246 g/mol. The Morgan fingerprint density at radius 1 is 1.35 bits per heavy atom. The maximum Gasteiger partial charge on any atom is 0.337 e. The molecular weight excluding hydrogens is 240 g/mol. The van der Waals surface area contributed by atoms with E-state index in [4.69, 9.17) is 5.11 Å². The molecule has 0 aromatic carbocycles. The number of aromatic carboxylic acids is 1. The first-order chi connectivity index (χ1) is 8.16. The number of hydrogen-bond acceptors (Lipinski definition) is 4. The van der Waals surface area contributed by atoms with Gasteiger partial charge < -0.3 is 5.11 Å². The normalized spacial score (nSPS) is 11.1. The lowest BCUT2D eigenvalue weighted by Gasteiger charge is -2.01. The lowest BCUT2D eigenvalue weighted by molar-refractivity contribution is 0.0696. The zero-order chi connectivity index (χ0) is 12.0. The fourth-order valence-corrected chi connectivity index (χ4v) is 2.42. The number of thiophene rings is 1. The minimum absolute atomic E-state index is 0.0670.